The van der Waals surface area contributed by atoms with Gasteiger partial charge in [0.25, 0.3) is 11.5 Å². The number of aromatic nitrogens is 5. The summed E-state index contributed by atoms with van der Waals surface area (Å²) in [5.74, 6) is -0.0599. The number of hydrogen-bond donors (Lipinski definition) is 3. The van der Waals surface area contributed by atoms with Crippen molar-refractivity contribution in [1.82, 2.24) is 24.6 Å². The monoisotopic (exact) mass is 308 g/mol. The number of imidazole rings is 1. The van der Waals surface area contributed by atoms with Gasteiger partial charge in [0.15, 0.2) is 0 Å². The summed E-state index contributed by atoms with van der Waals surface area (Å²) >= 11 is 0. The topological polar surface area (TPSA) is 108 Å². The van der Waals surface area contributed by atoms with Crippen LogP contribution in [-0.2, 0) is 0 Å². The average Bonchev–Trinajstić information content (AvgIpc) is 3.14. The summed E-state index contributed by atoms with van der Waals surface area (Å²) in [6.45, 7) is 1.83. The Morgan fingerprint density at radius 2 is 2.04 bits per heavy atom. The number of carbonyl (C=O) groups excluding carboxylic acids is 1. The minimum atomic E-state index is -0.403. The van der Waals surface area contributed by atoms with Crippen LogP contribution in [0.3, 0.4) is 0 Å². The molecule has 0 aliphatic heterocycles. The van der Waals surface area contributed by atoms with E-state index in [9.17, 15) is 9.59 Å². The van der Waals surface area contributed by atoms with Gasteiger partial charge in [0, 0.05) is 11.9 Å². The molecule has 0 atom stereocenters. The highest BCUT2D eigenvalue weighted by molar-refractivity contribution is 6.07. The van der Waals surface area contributed by atoms with Crippen molar-refractivity contribution in [3.8, 4) is 0 Å². The highest BCUT2D eigenvalue weighted by atomic mass is 16.2. The molecule has 0 spiro atoms. The van der Waals surface area contributed by atoms with Crippen LogP contribution in [0.4, 0.5) is 5.95 Å². The molecular weight excluding hydrogens is 296 g/mol. The molecule has 4 aromatic rings. The fourth-order valence-corrected chi connectivity index (χ4v) is 2.49. The zero-order chi connectivity index (χ0) is 16.0. The second-order valence-corrected chi connectivity index (χ2v) is 5.16. The van der Waals surface area contributed by atoms with E-state index >= 15 is 0 Å². The molecule has 3 heterocycles. The Balaban J connectivity index is 1.85. The molecule has 0 fully saturated rings. The minimum Gasteiger partial charge on any atom is -0.328 e. The zero-order valence-corrected chi connectivity index (χ0v) is 12.1. The first-order valence-electron chi connectivity index (χ1n) is 6.95. The summed E-state index contributed by atoms with van der Waals surface area (Å²) in [5, 5.41) is 7.37. The molecule has 4 rings (SSSR count). The van der Waals surface area contributed by atoms with Gasteiger partial charge in [-0.05, 0) is 19.1 Å². The van der Waals surface area contributed by atoms with Crippen LogP contribution in [0.25, 0.3) is 16.6 Å². The van der Waals surface area contributed by atoms with Crippen LogP contribution in [0, 0.1) is 6.92 Å². The van der Waals surface area contributed by atoms with Crippen molar-refractivity contribution < 1.29 is 4.79 Å². The third kappa shape index (κ3) is 2.08. The smallest absolute Gasteiger partial charge is 0.263 e. The van der Waals surface area contributed by atoms with Gasteiger partial charge < -0.3 is 9.97 Å². The molecule has 0 unspecified atom stereocenters. The summed E-state index contributed by atoms with van der Waals surface area (Å²) in [6, 6.07) is 7.08. The molecule has 3 N–H and O–H groups in total. The highest BCUT2D eigenvalue weighted by Gasteiger charge is 2.17. The lowest BCUT2D eigenvalue weighted by atomic mass is 10.2. The number of H-pyrrole nitrogens is 2. The molecule has 0 bridgehead atoms. The summed E-state index contributed by atoms with van der Waals surface area (Å²) < 4.78 is 1.54. The Morgan fingerprint density at radius 3 is 2.83 bits per heavy atom. The number of aromatic amines is 2. The van der Waals surface area contributed by atoms with E-state index in [2.05, 4.69) is 25.4 Å². The molecule has 0 saturated carbocycles. The van der Waals surface area contributed by atoms with Gasteiger partial charge in [-0.1, -0.05) is 12.1 Å². The van der Waals surface area contributed by atoms with Gasteiger partial charge >= 0.3 is 0 Å². The normalized spacial score (nSPS) is 11.2. The van der Waals surface area contributed by atoms with Crippen molar-refractivity contribution in [2.24, 2.45) is 0 Å². The number of para-hydroxylation sites is 1. The molecule has 3 aromatic heterocycles. The maximum Gasteiger partial charge on any atom is 0.263 e. The third-order valence-electron chi connectivity index (χ3n) is 3.56. The van der Waals surface area contributed by atoms with Crippen LogP contribution in [0.5, 0.6) is 0 Å². The maximum absolute atomic E-state index is 12.4. The predicted molar refractivity (Wildman–Crippen MR) is 84.6 cm³/mol. The molecule has 1 amide bonds. The fourth-order valence-electron chi connectivity index (χ4n) is 2.49. The number of fused-ring (bicyclic) bond motifs is 3. The van der Waals surface area contributed by atoms with Crippen LogP contribution in [0.1, 0.15) is 16.1 Å². The number of amides is 1. The van der Waals surface area contributed by atoms with Crippen LogP contribution < -0.4 is 10.9 Å². The lowest BCUT2D eigenvalue weighted by Crippen LogP contribution is -2.15. The summed E-state index contributed by atoms with van der Waals surface area (Å²) in [7, 11) is 0. The number of hydrogen-bond acceptors (Lipinski definition) is 4. The van der Waals surface area contributed by atoms with E-state index in [-0.39, 0.29) is 11.1 Å². The first-order valence-corrected chi connectivity index (χ1v) is 6.95. The number of carbonyl (C=O) groups is 1. The minimum absolute atomic E-state index is 0.266. The Labute approximate surface area is 129 Å². The molecule has 0 radical (unpaired) electrons. The Bertz CT molecular complexity index is 1100. The second kappa shape index (κ2) is 4.80. The molecule has 1 aromatic carbocycles. The van der Waals surface area contributed by atoms with Gasteiger partial charge in [-0.3, -0.25) is 14.9 Å². The van der Waals surface area contributed by atoms with Crippen LogP contribution in [0.15, 0.2) is 41.5 Å². The number of nitrogens with zero attached hydrogens (tertiary/aromatic N) is 3. The lowest BCUT2D eigenvalue weighted by molar-refractivity contribution is 0.102. The van der Waals surface area contributed by atoms with Gasteiger partial charge in [-0.2, -0.15) is 5.10 Å². The molecule has 0 aliphatic rings. The maximum atomic E-state index is 12.4. The van der Waals surface area contributed by atoms with E-state index in [0.29, 0.717) is 22.5 Å². The summed E-state index contributed by atoms with van der Waals surface area (Å²) in [6.07, 6.45) is 3.03. The zero-order valence-electron chi connectivity index (χ0n) is 12.1. The van der Waals surface area contributed by atoms with Crippen LogP contribution in [-0.4, -0.2) is 30.5 Å². The molecule has 114 valence electrons. The molecule has 8 heteroatoms. The number of benzene rings is 1. The van der Waals surface area contributed by atoms with Gasteiger partial charge in [-0.25, -0.2) is 9.50 Å². The first-order chi connectivity index (χ1) is 11.1. The average molecular weight is 308 g/mol. The van der Waals surface area contributed by atoms with Crippen molar-refractivity contribution in [2.45, 2.75) is 6.92 Å². The van der Waals surface area contributed by atoms with Gasteiger partial charge in [0.2, 0.25) is 5.95 Å². The van der Waals surface area contributed by atoms with E-state index < -0.39 is 5.91 Å². The van der Waals surface area contributed by atoms with Crippen molar-refractivity contribution in [3.63, 3.8) is 0 Å². The number of rotatable bonds is 2. The SMILES string of the molecule is Cc1cnc(NC(=O)c2cnn3c2[nH]c(=O)c2ccccc23)[nH]1. The standard InChI is InChI=1S/C15H12N6O2/c1-8-6-16-15(18-8)20-14(23)10-7-17-21-11-5-3-2-4-9(11)13(22)19-12(10)21/h2-7H,1H3,(H,19,22)(H2,16,18,20,23). The van der Waals surface area contributed by atoms with E-state index in [1.165, 1.54) is 6.20 Å². The number of aryl methyl sites for hydroxylation is 1. The van der Waals surface area contributed by atoms with Gasteiger partial charge in [0.05, 0.1) is 17.1 Å². The Kier molecular flexibility index (Phi) is 2.77. The van der Waals surface area contributed by atoms with Crippen molar-refractivity contribution in [2.75, 3.05) is 5.32 Å². The van der Waals surface area contributed by atoms with E-state index in [0.717, 1.165) is 5.69 Å². The number of anilines is 1. The van der Waals surface area contributed by atoms with Crippen molar-refractivity contribution >= 4 is 28.4 Å². The second-order valence-electron chi connectivity index (χ2n) is 5.16. The first kappa shape index (κ1) is 13.3. The van der Waals surface area contributed by atoms with E-state index in [4.69, 9.17) is 0 Å². The molecule has 0 aliphatic carbocycles. The quantitative estimate of drug-likeness (QED) is 0.521. The van der Waals surface area contributed by atoms with Crippen molar-refractivity contribution in [1.29, 1.82) is 0 Å². The van der Waals surface area contributed by atoms with E-state index in [1.54, 1.807) is 28.9 Å². The summed E-state index contributed by atoms with van der Waals surface area (Å²) in [4.78, 5) is 34.2. The lowest BCUT2D eigenvalue weighted by Gasteiger charge is -2.03. The van der Waals surface area contributed by atoms with E-state index in [1.807, 2.05) is 13.0 Å². The van der Waals surface area contributed by atoms with Crippen molar-refractivity contribution in [3.05, 3.63) is 58.3 Å². The molecular formula is C15H12N6O2. The van der Waals surface area contributed by atoms with Crippen LogP contribution in [0.2, 0.25) is 0 Å². The largest absolute Gasteiger partial charge is 0.328 e. The Hall–Kier alpha value is -3.42. The van der Waals surface area contributed by atoms with Crippen LogP contribution >= 0.6 is 0 Å². The molecule has 0 saturated heterocycles. The number of nitrogens with one attached hydrogen (secondary N) is 3. The predicted octanol–water partition coefficient (Wildman–Crippen LogP) is 1.46. The summed E-state index contributed by atoms with van der Waals surface area (Å²) in [5.41, 5.74) is 1.81. The molecule has 23 heavy (non-hydrogen) atoms. The third-order valence-corrected chi connectivity index (χ3v) is 3.56. The van der Waals surface area contributed by atoms with Gasteiger partial charge in [-0.15, -0.1) is 0 Å². The molecule has 8 nitrogen and oxygen atoms in total. The van der Waals surface area contributed by atoms with Gasteiger partial charge in [0.1, 0.15) is 11.2 Å². The Morgan fingerprint density at radius 1 is 1.22 bits per heavy atom. The highest BCUT2D eigenvalue weighted by Crippen LogP contribution is 2.15. The fraction of sp³-hybridized carbons (Fsp3) is 0.0667.